The van der Waals surface area contributed by atoms with Crippen LogP contribution >= 0.6 is 0 Å². The number of esters is 1. The quantitative estimate of drug-likeness (QED) is 0.654. The minimum atomic E-state index is -0.267. The van der Waals surface area contributed by atoms with Crippen LogP contribution in [0.2, 0.25) is 0 Å². The van der Waals surface area contributed by atoms with Gasteiger partial charge in [-0.25, -0.2) is 0 Å². The fourth-order valence-corrected chi connectivity index (χ4v) is 2.51. The van der Waals surface area contributed by atoms with Crippen molar-refractivity contribution < 1.29 is 14.3 Å². The Labute approximate surface area is 110 Å². The van der Waals surface area contributed by atoms with E-state index in [0.29, 0.717) is 25.6 Å². The molecule has 0 spiro atoms. The lowest BCUT2D eigenvalue weighted by Gasteiger charge is -2.34. The molecular weight excluding hydrogens is 230 g/mol. The molecular formula is C14H25NO3. The zero-order chi connectivity index (χ0) is 13.4. The standard InChI is InChI=1S/C14H25NO3/c1-3-12-7-5-6-10-15(12)11-13(16)8-9-14(17)18-4-2/h12H,3-11H2,1-2H3. The smallest absolute Gasteiger partial charge is 0.306 e. The molecule has 1 fully saturated rings. The van der Waals surface area contributed by atoms with Crippen molar-refractivity contribution >= 4 is 11.8 Å². The Hall–Kier alpha value is -0.900. The Bertz CT molecular complexity index is 278. The molecule has 18 heavy (non-hydrogen) atoms. The lowest BCUT2D eigenvalue weighted by Crippen LogP contribution is -2.42. The van der Waals surface area contributed by atoms with Gasteiger partial charge in [0, 0.05) is 12.5 Å². The van der Waals surface area contributed by atoms with Crippen molar-refractivity contribution in [3.8, 4) is 0 Å². The zero-order valence-corrected chi connectivity index (χ0v) is 11.6. The van der Waals surface area contributed by atoms with Crippen LogP contribution in [-0.2, 0) is 14.3 Å². The maximum absolute atomic E-state index is 11.8. The molecule has 0 N–H and O–H groups in total. The second-order valence-corrected chi connectivity index (χ2v) is 4.87. The molecule has 104 valence electrons. The number of carbonyl (C=O) groups is 2. The van der Waals surface area contributed by atoms with Gasteiger partial charge in [-0.05, 0) is 32.7 Å². The molecule has 0 bridgehead atoms. The summed E-state index contributed by atoms with van der Waals surface area (Å²) in [6.45, 7) is 5.85. The third kappa shape index (κ3) is 5.17. The Morgan fingerprint density at radius 2 is 2.00 bits per heavy atom. The number of Topliss-reactive ketones (excluding diaryl/α,β-unsaturated/α-hetero) is 1. The normalized spacial score (nSPS) is 20.7. The molecule has 1 rings (SSSR count). The number of hydrogen-bond acceptors (Lipinski definition) is 4. The van der Waals surface area contributed by atoms with Crippen molar-refractivity contribution in [1.82, 2.24) is 4.90 Å². The average molecular weight is 255 g/mol. The fraction of sp³-hybridized carbons (Fsp3) is 0.857. The minimum Gasteiger partial charge on any atom is -0.466 e. The molecule has 0 aliphatic carbocycles. The fourth-order valence-electron chi connectivity index (χ4n) is 2.51. The number of rotatable bonds is 7. The summed E-state index contributed by atoms with van der Waals surface area (Å²) in [6, 6.07) is 0.547. The Balaban J connectivity index is 2.27. The summed E-state index contributed by atoms with van der Waals surface area (Å²) < 4.78 is 4.82. The molecule has 1 unspecified atom stereocenters. The molecule has 0 saturated carbocycles. The number of ketones is 1. The molecule has 1 aliphatic rings. The van der Waals surface area contributed by atoms with E-state index in [4.69, 9.17) is 4.74 Å². The van der Waals surface area contributed by atoms with Gasteiger partial charge >= 0.3 is 5.97 Å². The van der Waals surface area contributed by atoms with Crippen LogP contribution in [0.15, 0.2) is 0 Å². The first-order chi connectivity index (χ1) is 8.67. The van der Waals surface area contributed by atoms with Crippen LogP contribution in [0.25, 0.3) is 0 Å². The van der Waals surface area contributed by atoms with Gasteiger partial charge in [0.05, 0.1) is 19.6 Å². The largest absolute Gasteiger partial charge is 0.466 e. The Morgan fingerprint density at radius 3 is 2.67 bits per heavy atom. The van der Waals surface area contributed by atoms with Crippen molar-refractivity contribution in [2.75, 3.05) is 19.7 Å². The zero-order valence-electron chi connectivity index (χ0n) is 11.6. The Kier molecular flexibility index (Phi) is 6.94. The number of carbonyl (C=O) groups excluding carboxylic acids is 2. The topological polar surface area (TPSA) is 46.6 Å². The molecule has 0 aromatic rings. The molecule has 1 saturated heterocycles. The van der Waals surface area contributed by atoms with Crippen molar-refractivity contribution in [2.24, 2.45) is 0 Å². The minimum absolute atomic E-state index is 0.156. The molecule has 1 heterocycles. The summed E-state index contributed by atoms with van der Waals surface area (Å²) in [5, 5.41) is 0. The summed E-state index contributed by atoms with van der Waals surface area (Å²) in [7, 11) is 0. The maximum atomic E-state index is 11.8. The van der Waals surface area contributed by atoms with E-state index in [-0.39, 0.29) is 18.2 Å². The van der Waals surface area contributed by atoms with Crippen molar-refractivity contribution in [2.45, 2.75) is 58.4 Å². The summed E-state index contributed by atoms with van der Waals surface area (Å²) in [5.74, 6) is -0.111. The molecule has 4 nitrogen and oxygen atoms in total. The Morgan fingerprint density at radius 1 is 1.22 bits per heavy atom. The monoisotopic (exact) mass is 255 g/mol. The van der Waals surface area contributed by atoms with Gasteiger partial charge in [-0.3, -0.25) is 14.5 Å². The van der Waals surface area contributed by atoms with Crippen LogP contribution in [0, 0.1) is 0 Å². The first kappa shape index (κ1) is 15.2. The summed E-state index contributed by atoms with van der Waals surface area (Å²) in [4.78, 5) is 25.3. The van der Waals surface area contributed by atoms with Crippen LogP contribution in [0.1, 0.15) is 52.4 Å². The predicted octanol–water partition coefficient (Wildman–Crippen LogP) is 2.16. The number of likely N-dealkylation sites (tertiary alicyclic amines) is 1. The molecule has 0 aromatic heterocycles. The predicted molar refractivity (Wildman–Crippen MR) is 70.4 cm³/mol. The first-order valence-corrected chi connectivity index (χ1v) is 7.08. The van der Waals surface area contributed by atoms with Gasteiger partial charge in [0.25, 0.3) is 0 Å². The summed E-state index contributed by atoms with van der Waals surface area (Å²) in [6.07, 6.45) is 5.28. The van der Waals surface area contributed by atoms with Gasteiger partial charge in [-0.15, -0.1) is 0 Å². The lowest BCUT2D eigenvalue weighted by atomic mass is 9.99. The molecule has 0 radical (unpaired) electrons. The van der Waals surface area contributed by atoms with Crippen molar-refractivity contribution in [3.05, 3.63) is 0 Å². The van der Waals surface area contributed by atoms with Crippen molar-refractivity contribution in [1.29, 1.82) is 0 Å². The average Bonchev–Trinajstić information content (AvgIpc) is 2.37. The van der Waals surface area contributed by atoms with Crippen LogP contribution in [0.4, 0.5) is 0 Å². The van der Waals surface area contributed by atoms with Gasteiger partial charge in [-0.2, -0.15) is 0 Å². The molecule has 0 amide bonds. The van der Waals surface area contributed by atoms with E-state index >= 15 is 0 Å². The SMILES string of the molecule is CCOC(=O)CCC(=O)CN1CCCCC1CC. The summed E-state index contributed by atoms with van der Waals surface area (Å²) >= 11 is 0. The third-order valence-electron chi connectivity index (χ3n) is 3.51. The molecule has 0 aromatic carbocycles. The van der Waals surface area contributed by atoms with Gasteiger partial charge in [0.1, 0.15) is 5.78 Å². The van der Waals surface area contributed by atoms with Gasteiger partial charge < -0.3 is 4.74 Å². The van der Waals surface area contributed by atoms with E-state index in [1.807, 2.05) is 0 Å². The van der Waals surface area contributed by atoms with E-state index in [1.54, 1.807) is 6.92 Å². The second kappa shape index (κ2) is 8.25. The lowest BCUT2D eigenvalue weighted by molar-refractivity contribution is -0.144. The van der Waals surface area contributed by atoms with Gasteiger partial charge in [-0.1, -0.05) is 13.3 Å². The molecule has 1 aliphatic heterocycles. The third-order valence-corrected chi connectivity index (χ3v) is 3.51. The van der Waals surface area contributed by atoms with Crippen LogP contribution < -0.4 is 0 Å². The van der Waals surface area contributed by atoms with Gasteiger partial charge in [0.15, 0.2) is 0 Å². The number of nitrogens with zero attached hydrogens (tertiary/aromatic N) is 1. The molecule has 1 atom stereocenters. The highest BCUT2D eigenvalue weighted by atomic mass is 16.5. The number of piperidine rings is 1. The highest BCUT2D eigenvalue weighted by Crippen LogP contribution is 2.19. The van der Waals surface area contributed by atoms with E-state index in [9.17, 15) is 9.59 Å². The molecule has 4 heteroatoms. The van der Waals surface area contributed by atoms with Gasteiger partial charge in [0.2, 0.25) is 0 Å². The van der Waals surface area contributed by atoms with E-state index in [1.165, 1.54) is 19.3 Å². The van der Waals surface area contributed by atoms with Crippen LogP contribution in [0.3, 0.4) is 0 Å². The van der Waals surface area contributed by atoms with Crippen LogP contribution in [-0.4, -0.2) is 42.4 Å². The van der Waals surface area contributed by atoms with Crippen molar-refractivity contribution in [3.63, 3.8) is 0 Å². The maximum Gasteiger partial charge on any atom is 0.306 e. The van der Waals surface area contributed by atoms with E-state index < -0.39 is 0 Å². The highest BCUT2D eigenvalue weighted by Gasteiger charge is 2.22. The van der Waals surface area contributed by atoms with E-state index in [2.05, 4.69) is 11.8 Å². The highest BCUT2D eigenvalue weighted by molar-refractivity contribution is 5.84. The second-order valence-electron chi connectivity index (χ2n) is 4.87. The summed E-state index contributed by atoms with van der Waals surface area (Å²) in [5.41, 5.74) is 0. The van der Waals surface area contributed by atoms with E-state index in [0.717, 1.165) is 13.0 Å². The number of hydrogen-bond donors (Lipinski definition) is 0. The van der Waals surface area contributed by atoms with Crippen LogP contribution in [0.5, 0.6) is 0 Å². The first-order valence-electron chi connectivity index (χ1n) is 7.08. The number of ether oxygens (including phenoxy) is 1.